The smallest absolute Gasteiger partial charge is 0.311 e. The zero-order valence-electron chi connectivity index (χ0n) is 9.80. The van der Waals surface area contributed by atoms with Crippen LogP contribution in [-0.4, -0.2) is 34.7 Å². The molecule has 0 fully saturated rings. The molecule has 1 aromatic heterocycles. The predicted octanol–water partition coefficient (Wildman–Crippen LogP) is 1.21. The van der Waals surface area contributed by atoms with Gasteiger partial charge in [-0.15, -0.1) is 0 Å². The van der Waals surface area contributed by atoms with Gasteiger partial charge in [-0.05, 0) is 19.4 Å². The second-order valence-corrected chi connectivity index (χ2v) is 3.63. The molecule has 1 heterocycles. The van der Waals surface area contributed by atoms with E-state index in [2.05, 4.69) is 15.6 Å². The molecule has 0 amide bonds. The van der Waals surface area contributed by atoms with Crippen molar-refractivity contribution in [3.8, 4) is 0 Å². The Labute approximate surface area is 99.0 Å². The zero-order valence-corrected chi connectivity index (χ0v) is 9.80. The minimum absolute atomic E-state index is 0.0215. The van der Waals surface area contributed by atoms with Crippen molar-refractivity contribution in [3.63, 3.8) is 0 Å². The lowest BCUT2D eigenvalue weighted by Gasteiger charge is -2.13. The Kier molecular flexibility index (Phi) is 4.65. The summed E-state index contributed by atoms with van der Waals surface area (Å²) in [5.74, 6) is 0.761. The summed E-state index contributed by atoms with van der Waals surface area (Å²) >= 11 is 0. The molecule has 0 spiro atoms. The third kappa shape index (κ3) is 3.56. The van der Waals surface area contributed by atoms with E-state index in [0.717, 1.165) is 0 Å². The van der Waals surface area contributed by atoms with Crippen molar-refractivity contribution in [2.75, 3.05) is 24.3 Å². The van der Waals surface area contributed by atoms with Gasteiger partial charge in [0.1, 0.15) is 5.82 Å². The molecule has 0 aliphatic rings. The van der Waals surface area contributed by atoms with E-state index in [1.807, 2.05) is 6.92 Å². The first-order valence-electron chi connectivity index (χ1n) is 5.29. The van der Waals surface area contributed by atoms with Gasteiger partial charge in [0.2, 0.25) is 5.82 Å². The van der Waals surface area contributed by atoms with Gasteiger partial charge < -0.3 is 15.7 Å². The maximum atomic E-state index is 10.8. The first-order valence-corrected chi connectivity index (χ1v) is 5.29. The highest BCUT2D eigenvalue weighted by molar-refractivity contribution is 5.60. The average Bonchev–Trinajstić information content (AvgIpc) is 2.28. The number of pyridine rings is 1. The number of nitrogens with zero attached hydrogens (tertiary/aromatic N) is 2. The number of aliphatic hydroxyl groups is 1. The van der Waals surface area contributed by atoms with E-state index in [1.165, 1.54) is 6.07 Å². The normalized spacial score (nSPS) is 11.9. The maximum Gasteiger partial charge on any atom is 0.311 e. The van der Waals surface area contributed by atoms with Crippen LogP contribution in [-0.2, 0) is 0 Å². The molecule has 7 nitrogen and oxygen atoms in total. The molecule has 7 heteroatoms. The SMILES string of the molecule is CNc1ccc([N+](=O)[O-])c(NC(C)CCO)n1. The first kappa shape index (κ1) is 13.2. The minimum atomic E-state index is -0.486. The van der Waals surface area contributed by atoms with Gasteiger partial charge in [-0.25, -0.2) is 4.98 Å². The van der Waals surface area contributed by atoms with Crippen LogP contribution in [0.4, 0.5) is 17.3 Å². The molecule has 0 saturated carbocycles. The Hall–Kier alpha value is -1.89. The number of rotatable bonds is 6. The molecule has 0 aromatic carbocycles. The van der Waals surface area contributed by atoms with Gasteiger partial charge in [0.15, 0.2) is 0 Å². The van der Waals surface area contributed by atoms with Gasteiger partial charge in [0.05, 0.1) is 4.92 Å². The maximum absolute atomic E-state index is 10.8. The van der Waals surface area contributed by atoms with Crippen LogP contribution in [0.25, 0.3) is 0 Å². The molecule has 94 valence electrons. The van der Waals surface area contributed by atoms with E-state index in [1.54, 1.807) is 13.1 Å². The van der Waals surface area contributed by atoms with Crippen molar-refractivity contribution in [1.29, 1.82) is 0 Å². The Bertz CT molecular complexity index is 397. The summed E-state index contributed by atoms with van der Waals surface area (Å²) in [5, 5.41) is 25.3. The molecule has 0 aliphatic carbocycles. The first-order chi connectivity index (χ1) is 8.08. The lowest BCUT2D eigenvalue weighted by Crippen LogP contribution is -2.18. The average molecular weight is 240 g/mol. The number of hydrogen-bond donors (Lipinski definition) is 3. The fourth-order valence-corrected chi connectivity index (χ4v) is 1.34. The monoisotopic (exact) mass is 240 g/mol. The van der Waals surface area contributed by atoms with Crippen molar-refractivity contribution < 1.29 is 10.0 Å². The number of nitrogens with one attached hydrogen (secondary N) is 2. The van der Waals surface area contributed by atoms with Crippen molar-refractivity contribution in [3.05, 3.63) is 22.2 Å². The van der Waals surface area contributed by atoms with Crippen LogP contribution in [0.3, 0.4) is 0 Å². The molecule has 1 rings (SSSR count). The summed E-state index contributed by atoms with van der Waals surface area (Å²) < 4.78 is 0. The Morgan fingerprint density at radius 3 is 2.82 bits per heavy atom. The van der Waals surface area contributed by atoms with Gasteiger partial charge in [-0.2, -0.15) is 0 Å². The summed E-state index contributed by atoms with van der Waals surface area (Å²) in [6.07, 6.45) is 0.503. The Morgan fingerprint density at radius 2 is 2.29 bits per heavy atom. The van der Waals surface area contributed by atoms with Crippen LogP contribution in [0.1, 0.15) is 13.3 Å². The molecule has 1 aromatic rings. The van der Waals surface area contributed by atoms with Crippen LogP contribution < -0.4 is 10.6 Å². The largest absolute Gasteiger partial charge is 0.396 e. The fourth-order valence-electron chi connectivity index (χ4n) is 1.34. The topological polar surface area (TPSA) is 100 Å². The number of hydrogen-bond acceptors (Lipinski definition) is 6. The van der Waals surface area contributed by atoms with Crippen LogP contribution in [0.2, 0.25) is 0 Å². The highest BCUT2D eigenvalue weighted by Gasteiger charge is 2.17. The van der Waals surface area contributed by atoms with Crippen LogP contribution in [0.5, 0.6) is 0 Å². The Morgan fingerprint density at radius 1 is 1.59 bits per heavy atom. The summed E-state index contributed by atoms with van der Waals surface area (Å²) in [5.41, 5.74) is -0.0752. The van der Waals surface area contributed by atoms with E-state index in [0.29, 0.717) is 12.2 Å². The number of nitro groups is 1. The third-order valence-corrected chi connectivity index (χ3v) is 2.27. The number of aromatic nitrogens is 1. The van der Waals surface area contributed by atoms with Crippen molar-refractivity contribution in [1.82, 2.24) is 4.98 Å². The fraction of sp³-hybridized carbons (Fsp3) is 0.500. The van der Waals surface area contributed by atoms with Crippen LogP contribution in [0.15, 0.2) is 12.1 Å². The van der Waals surface area contributed by atoms with E-state index in [4.69, 9.17) is 5.11 Å². The van der Waals surface area contributed by atoms with Gasteiger partial charge >= 0.3 is 5.69 Å². The quantitative estimate of drug-likeness (QED) is 0.510. The molecule has 0 bridgehead atoms. The van der Waals surface area contributed by atoms with Gasteiger partial charge in [0.25, 0.3) is 0 Å². The molecule has 1 atom stereocenters. The Balaban J connectivity index is 2.96. The molecule has 17 heavy (non-hydrogen) atoms. The molecule has 0 radical (unpaired) electrons. The highest BCUT2D eigenvalue weighted by Crippen LogP contribution is 2.24. The van der Waals surface area contributed by atoms with Gasteiger partial charge in [-0.1, -0.05) is 0 Å². The van der Waals surface area contributed by atoms with Crippen LogP contribution in [0, 0.1) is 10.1 Å². The summed E-state index contributed by atoms with van der Waals surface area (Å²) in [7, 11) is 1.69. The van der Waals surface area contributed by atoms with Crippen molar-refractivity contribution >= 4 is 17.3 Å². The lowest BCUT2D eigenvalue weighted by molar-refractivity contribution is -0.384. The standard InChI is InChI=1S/C10H16N4O3/c1-7(5-6-15)12-10-8(14(16)17)3-4-9(11-2)13-10/h3-4,7,15H,5-6H2,1-2H3,(H2,11,12,13). The molecule has 0 saturated heterocycles. The minimum Gasteiger partial charge on any atom is -0.396 e. The molecular weight excluding hydrogens is 224 g/mol. The van der Waals surface area contributed by atoms with E-state index < -0.39 is 4.92 Å². The number of aliphatic hydroxyl groups excluding tert-OH is 1. The molecular formula is C10H16N4O3. The summed E-state index contributed by atoms with van der Waals surface area (Å²) in [4.78, 5) is 14.4. The zero-order chi connectivity index (χ0) is 12.8. The lowest BCUT2D eigenvalue weighted by atomic mass is 10.2. The van der Waals surface area contributed by atoms with Crippen LogP contribution >= 0.6 is 0 Å². The second kappa shape index (κ2) is 6.00. The molecule has 3 N–H and O–H groups in total. The molecule has 1 unspecified atom stereocenters. The predicted molar refractivity (Wildman–Crippen MR) is 65.2 cm³/mol. The van der Waals surface area contributed by atoms with Gasteiger partial charge in [-0.3, -0.25) is 10.1 Å². The number of anilines is 2. The van der Waals surface area contributed by atoms with E-state index in [9.17, 15) is 10.1 Å². The van der Waals surface area contributed by atoms with Crippen molar-refractivity contribution in [2.24, 2.45) is 0 Å². The van der Waals surface area contributed by atoms with E-state index >= 15 is 0 Å². The highest BCUT2D eigenvalue weighted by atomic mass is 16.6. The second-order valence-electron chi connectivity index (χ2n) is 3.63. The summed E-state index contributed by atoms with van der Waals surface area (Å²) in [6.45, 7) is 1.85. The van der Waals surface area contributed by atoms with Gasteiger partial charge in [0, 0.05) is 25.8 Å². The van der Waals surface area contributed by atoms with E-state index in [-0.39, 0.29) is 24.2 Å². The van der Waals surface area contributed by atoms with Crippen molar-refractivity contribution in [2.45, 2.75) is 19.4 Å². The third-order valence-electron chi connectivity index (χ3n) is 2.27. The summed E-state index contributed by atoms with van der Waals surface area (Å²) in [6, 6.07) is 2.85. The molecule has 0 aliphatic heterocycles.